The smallest absolute Gasteiger partial charge is 0.395 e. The molecule has 2 aliphatic heterocycles. The fourth-order valence-corrected chi connectivity index (χ4v) is 6.09. The molecule has 38 heavy (non-hydrogen) atoms. The van der Waals surface area contributed by atoms with Crippen molar-refractivity contribution in [1.82, 2.24) is 9.80 Å². The maximum Gasteiger partial charge on any atom is 0.395 e. The van der Waals surface area contributed by atoms with Crippen LogP contribution in [-0.2, 0) is 4.79 Å². The molecule has 1 aromatic rings. The van der Waals surface area contributed by atoms with Gasteiger partial charge in [-0.2, -0.15) is 13.2 Å². The van der Waals surface area contributed by atoms with E-state index >= 15 is 0 Å². The summed E-state index contributed by atoms with van der Waals surface area (Å²) in [5, 5.41) is 9.66. The van der Waals surface area contributed by atoms with Gasteiger partial charge in [0.25, 0.3) is 0 Å². The van der Waals surface area contributed by atoms with Gasteiger partial charge in [0.1, 0.15) is 11.6 Å². The number of ether oxygens (including phenoxy) is 1. The van der Waals surface area contributed by atoms with E-state index in [-0.39, 0.29) is 37.5 Å². The number of nitrogens with zero attached hydrogens (tertiary/aromatic N) is 2. The molecule has 5 rings (SSSR count). The number of rotatable bonds is 7. The number of piperidine rings is 1. The van der Waals surface area contributed by atoms with Gasteiger partial charge in [-0.05, 0) is 68.8 Å². The van der Waals surface area contributed by atoms with Crippen molar-refractivity contribution in [3.63, 3.8) is 0 Å². The minimum absolute atomic E-state index is 0.0122. The van der Waals surface area contributed by atoms with E-state index in [1.807, 2.05) is 4.90 Å². The van der Waals surface area contributed by atoms with Gasteiger partial charge in [0.05, 0.1) is 24.0 Å². The number of alkyl halides is 3. The Morgan fingerprint density at radius 1 is 1.08 bits per heavy atom. The maximum absolute atomic E-state index is 14.9. The van der Waals surface area contributed by atoms with Gasteiger partial charge in [0, 0.05) is 31.6 Å². The number of aliphatic hydroxyl groups excluding tert-OH is 1. The number of benzene rings is 1. The highest BCUT2D eigenvalue weighted by Gasteiger charge is 2.58. The summed E-state index contributed by atoms with van der Waals surface area (Å²) >= 11 is 0. The van der Waals surface area contributed by atoms with E-state index in [4.69, 9.17) is 4.74 Å². The van der Waals surface area contributed by atoms with E-state index in [1.165, 1.54) is 0 Å². The summed E-state index contributed by atoms with van der Waals surface area (Å²) in [5.41, 5.74) is -0.344. The van der Waals surface area contributed by atoms with Gasteiger partial charge in [-0.15, -0.1) is 0 Å². The van der Waals surface area contributed by atoms with Crippen LogP contribution < -0.4 is 4.74 Å². The number of likely N-dealkylation sites (tertiary alicyclic amines) is 2. The second-order valence-corrected chi connectivity index (χ2v) is 11.4. The number of amides is 1. The van der Waals surface area contributed by atoms with Crippen molar-refractivity contribution in [1.29, 1.82) is 0 Å². The largest absolute Gasteiger partial charge is 0.493 e. The Labute approximate surface area is 221 Å². The molecule has 9 heteroatoms. The first-order valence-corrected chi connectivity index (χ1v) is 13.7. The summed E-state index contributed by atoms with van der Waals surface area (Å²) in [6.07, 6.45) is 2.11. The predicted octanol–water partition coefficient (Wildman–Crippen LogP) is 5.36. The standard InChI is InChI=1S/C29H36F4N2O3/c30-26-16-22(27(37)35-15-10-23(36)17-35)4-7-25(26)21-2-5-24(6-3-21)38-18-20-8-13-34(14-9-20)19-28(11-1-12-28)29(31,32)33/h2-7,20,22-23,36H,1,8-19H2. The van der Waals surface area contributed by atoms with Crippen LogP contribution in [0.5, 0.6) is 5.75 Å². The Bertz CT molecular complexity index is 1060. The van der Waals surface area contributed by atoms with E-state index in [9.17, 15) is 27.5 Å². The zero-order valence-corrected chi connectivity index (χ0v) is 21.6. The van der Waals surface area contributed by atoms with E-state index in [0.29, 0.717) is 68.4 Å². The molecule has 1 saturated carbocycles. The molecule has 0 radical (unpaired) electrons. The SMILES string of the molecule is O=C(C1C=CC(c2ccc(OCC3CCN(CC4(C(F)(F)F)CCC4)CC3)cc2)=C(F)C1)N1CCC(O)C1. The van der Waals surface area contributed by atoms with Gasteiger partial charge >= 0.3 is 6.18 Å². The van der Waals surface area contributed by atoms with Crippen molar-refractivity contribution < 1.29 is 32.2 Å². The first-order chi connectivity index (χ1) is 18.1. The second kappa shape index (κ2) is 11.0. The number of hydrogen-bond acceptors (Lipinski definition) is 4. The minimum Gasteiger partial charge on any atom is -0.493 e. The van der Waals surface area contributed by atoms with Crippen LogP contribution in [0.3, 0.4) is 0 Å². The van der Waals surface area contributed by atoms with Crippen molar-refractivity contribution in [2.24, 2.45) is 17.3 Å². The van der Waals surface area contributed by atoms with E-state index in [1.54, 1.807) is 41.3 Å². The van der Waals surface area contributed by atoms with Crippen molar-refractivity contribution in [2.75, 3.05) is 39.3 Å². The molecule has 3 fully saturated rings. The number of carbonyl (C=O) groups excluding carboxylic acids is 1. The summed E-state index contributed by atoms with van der Waals surface area (Å²) in [6.45, 7) is 2.74. The highest BCUT2D eigenvalue weighted by Crippen LogP contribution is 2.53. The monoisotopic (exact) mass is 536 g/mol. The molecule has 2 atom stereocenters. The normalized spacial score (nSPS) is 26.5. The molecule has 208 valence electrons. The topological polar surface area (TPSA) is 53.0 Å². The molecule has 0 spiro atoms. The lowest BCUT2D eigenvalue weighted by molar-refractivity contribution is -0.256. The van der Waals surface area contributed by atoms with Crippen molar-refractivity contribution in [3.8, 4) is 5.75 Å². The minimum atomic E-state index is -4.12. The molecular weight excluding hydrogens is 500 g/mol. The Kier molecular flexibility index (Phi) is 7.87. The first-order valence-electron chi connectivity index (χ1n) is 13.7. The Hall–Kier alpha value is -2.39. The van der Waals surface area contributed by atoms with E-state index in [0.717, 1.165) is 12.8 Å². The molecule has 2 aliphatic carbocycles. The molecule has 2 saturated heterocycles. The quantitative estimate of drug-likeness (QED) is 0.477. The highest BCUT2D eigenvalue weighted by molar-refractivity contribution is 5.85. The molecule has 2 heterocycles. The summed E-state index contributed by atoms with van der Waals surface area (Å²) in [4.78, 5) is 16.2. The Morgan fingerprint density at radius 2 is 1.79 bits per heavy atom. The average Bonchev–Trinajstić information content (AvgIpc) is 3.31. The summed E-state index contributed by atoms with van der Waals surface area (Å²) in [6, 6.07) is 7.19. The molecule has 0 bridgehead atoms. The van der Waals surface area contributed by atoms with E-state index < -0.39 is 23.6 Å². The van der Waals surface area contributed by atoms with Crippen LogP contribution in [0, 0.1) is 17.3 Å². The third-order valence-electron chi connectivity index (χ3n) is 8.78. The fourth-order valence-electron chi connectivity index (χ4n) is 6.09. The Balaban J connectivity index is 1.08. The number of carbonyl (C=O) groups is 1. The zero-order chi connectivity index (χ0) is 26.9. The molecule has 4 aliphatic rings. The zero-order valence-electron chi connectivity index (χ0n) is 21.6. The van der Waals surface area contributed by atoms with Gasteiger partial charge in [-0.3, -0.25) is 4.79 Å². The molecule has 1 N–H and O–H groups in total. The van der Waals surface area contributed by atoms with Crippen molar-refractivity contribution in [3.05, 3.63) is 47.8 Å². The number of halogens is 4. The highest BCUT2D eigenvalue weighted by atomic mass is 19.4. The number of β-amino-alcohol motifs (C(OH)–C–C–N with tert-alkyl or cyclic N) is 1. The van der Waals surface area contributed by atoms with Gasteiger partial charge < -0.3 is 19.6 Å². The Morgan fingerprint density at radius 3 is 2.34 bits per heavy atom. The summed E-state index contributed by atoms with van der Waals surface area (Å²) < 4.78 is 61.4. The van der Waals surface area contributed by atoms with Gasteiger partial charge in [0.15, 0.2) is 0 Å². The molecule has 1 aromatic carbocycles. The van der Waals surface area contributed by atoms with Gasteiger partial charge in [-0.25, -0.2) is 4.39 Å². The molecule has 5 nitrogen and oxygen atoms in total. The van der Waals surface area contributed by atoms with Gasteiger partial charge in [-0.1, -0.05) is 30.7 Å². The third-order valence-corrected chi connectivity index (χ3v) is 8.78. The van der Waals surface area contributed by atoms with Crippen LogP contribution in [-0.4, -0.2) is 72.4 Å². The number of aliphatic hydroxyl groups is 1. The lowest BCUT2D eigenvalue weighted by atomic mass is 9.67. The maximum atomic E-state index is 14.9. The van der Waals surface area contributed by atoms with Crippen molar-refractivity contribution >= 4 is 11.5 Å². The number of hydrogen-bond donors (Lipinski definition) is 1. The predicted molar refractivity (Wildman–Crippen MR) is 136 cm³/mol. The summed E-state index contributed by atoms with van der Waals surface area (Å²) in [7, 11) is 0. The molecule has 2 unspecified atom stereocenters. The van der Waals surface area contributed by atoms with Crippen LogP contribution >= 0.6 is 0 Å². The lowest BCUT2D eigenvalue weighted by Crippen LogP contribution is -2.53. The third kappa shape index (κ3) is 5.78. The first kappa shape index (κ1) is 27.2. The van der Waals surface area contributed by atoms with Crippen LogP contribution in [0.1, 0.15) is 50.5 Å². The number of allylic oxidation sites excluding steroid dienone is 3. The van der Waals surface area contributed by atoms with Crippen LogP contribution in [0.25, 0.3) is 5.57 Å². The molecule has 1 amide bonds. The van der Waals surface area contributed by atoms with Crippen LogP contribution in [0.15, 0.2) is 42.2 Å². The summed E-state index contributed by atoms with van der Waals surface area (Å²) in [5.74, 6) is -0.0691. The second-order valence-electron chi connectivity index (χ2n) is 11.4. The van der Waals surface area contributed by atoms with Crippen molar-refractivity contribution in [2.45, 2.75) is 57.2 Å². The van der Waals surface area contributed by atoms with Crippen LogP contribution in [0.2, 0.25) is 0 Å². The van der Waals surface area contributed by atoms with E-state index in [2.05, 4.69) is 0 Å². The average molecular weight is 537 g/mol. The molecular formula is C29H36F4N2O3. The molecule has 0 aromatic heterocycles. The van der Waals surface area contributed by atoms with Crippen LogP contribution in [0.4, 0.5) is 17.6 Å². The lowest BCUT2D eigenvalue weighted by Gasteiger charge is -2.47. The van der Waals surface area contributed by atoms with Gasteiger partial charge in [0.2, 0.25) is 5.91 Å². The fraction of sp³-hybridized carbons (Fsp3) is 0.621.